The zero-order chi connectivity index (χ0) is 15.5. The lowest BCUT2D eigenvalue weighted by atomic mass is 10.2. The van der Waals surface area contributed by atoms with Crippen LogP contribution in [-0.4, -0.2) is 31.6 Å². The molecule has 0 heterocycles. The van der Waals surface area contributed by atoms with E-state index in [0.717, 1.165) is 25.0 Å². The molecule has 1 rings (SSSR count). The number of aryl methyl sites for hydroxylation is 1. The van der Waals surface area contributed by atoms with Crippen molar-refractivity contribution in [3.05, 3.63) is 29.8 Å². The van der Waals surface area contributed by atoms with E-state index in [1.165, 1.54) is 0 Å². The Balaban J connectivity index is 2.20. The van der Waals surface area contributed by atoms with Gasteiger partial charge in [0.1, 0.15) is 0 Å². The smallest absolute Gasteiger partial charge is 0.313 e. The number of hydrogen-bond donors (Lipinski definition) is 2. The monoisotopic (exact) mass is 292 g/mol. The topological polar surface area (TPSA) is 67.4 Å². The molecular weight excluding hydrogens is 268 g/mol. The molecule has 0 saturated carbocycles. The number of amides is 2. The number of anilines is 1. The van der Waals surface area contributed by atoms with Crippen molar-refractivity contribution in [2.75, 3.05) is 25.1 Å². The van der Waals surface area contributed by atoms with Crippen LogP contribution in [0.2, 0.25) is 0 Å². The van der Waals surface area contributed by atoms with Crippen molar-refractivity contribution in [1.29, 1.82) is 0 Å². The van der Waals surface area contributed by atoms with E-state index in [4.69, 9.17) is 4.74 Å². The van der Waals surface area contributed by atoms with Crippen LogP contribution in [0.15, 0.2) is 24.3 Å². The number of nitrogens with one attached hydrogen (secondary N) is 2. The third-order valence-corrected chi connectivity index (χ3v) is 2.99. The van der Waals surface area contributed by atoms with Gasteiger partial charge in [0.25, 0.3) is 0 Å². The van der Waals surface area contributed by atoms with E-state index in [-0.39, 0.29) is 0 Å². The van der Waals surface area contributed by atoms with E-state index in [0.29, 0.717) is 25.3 Å². The highest BCUT2D eigenvalue weighted by atomic mass is 16.5. The van der Waals surface area contributed by atoms with Crippen LogP contribution in [0.3, 0.4) is 0 Å². The normalized spacial score (nSPS) is 10.2. The third-order valence-electron chi connectivity index (χ3n) is 2.99. The van der Waals surface area contributed by atoms with Gasteiger partial charge in [0, 0.05) is 25.4 Å². The number of rotatable bonds is 8. The minimum absolute atomic E-state index is 0.437. The molecule has 0 bridgehead atoms. The molecule has 5 nitrogen and oxygen atoms in total. The summed E-state index contributed by atoms with van der Waals surface area (Å²) in [5, 5.41) is 5.18. The third kappa shape index (κ3) is 6.90. The SMILES string of the molecule is CCCCOCCCNC(=O)C(=O)Nc1ccccc1C. The first-order valence-electron chi connectivity index (χ1n) is 7.37. The molecule has 0 saturated heterocycles. The highest BCUT2D eigenvalue weighted by molar-refractivity contribution is 6.39. The van der Waals surface area contributed by atoms with Crippen LogP contribution >= 0.6 is 0 Å². The van der Waals surface area contributed by atoms with Gasteiger partial charge in [-0.05, 0) is 31.4 Å². The standard InChI is InChI=1S/C16H24N2O3/c1-3-4-11-21-12-7-10-17-15(19)16(20)18-14-9-6-5-8-13(14)2/h5-6,8-9H,3-4,7,10-12H2,1-2H3,(H,17,19)(H,18,20). The maximum atomic E-state index is 11.7. The van der Waals surface area contributed by atoms with Crippen molar-refractivity contribution in [2.45, 2.75) is 33.1 Å². The minimum Gasteiger partial charge on any atom is -0.381 e. The van der Waals surface area contributed by atoms with E-state index in [2.05, 4.69) is 17.6 Å². The quantitative estimate of drug-likeness (QED) is 0.570. The average Bonchev–Trinajstić information content (AvgIpc) is 2.48. The Labute approximate surface area is 126 Å². The van der Waals surface area contributed by atoms with Crippen molar-refractivity contribution in [1.82, 2.24) is 5.32 Å². The summed E-state index contributed by atoms with van der Waals surface area (Å²) in [4.78, 5) is 23.3. The maximum absolute atomic E-state index is 11.7. The summed E-state index contributed by atoms with van der Waals surface area (Å²) < 4.78 is 5.38. The van der Waals surface area contributed by atoms with Crippen LogP contribution in [0.5, 0.6) is 0 Å². The zero-order valence-electron chi connectivity index (χ0n) is 12.8. The molecule has 2 N–H and O–H groups in total. The molecule has 0 atom stereocenters. The Bertz CT molecular complexity index is 461. The van der Waals surface area contributed by atoms with Gasteiger partial charge in [-0.1, -0.05) is 31.5 Å². The number of carbonyl (C=O) groups excluding carboxylic acids is 2. The number of hydrogen-bond acceptors (Lipinski definition) is 3. The number of para-hydroxylation sites is 1. The highest BCUT2D eigenvalue weighted by Crippen LogP contribution is 2.12. The molecule has 0 unspecified atom stereocenters. The molecule has 0 aliphatic rings. The van der Waals surface area contributed by atoms with E-state index in [1.54, 1.807) is 6.07 Å². The Morgan fingerprint density at radius 2 is 1.81 bits per heavy atom. The molecule has 116 valence electrons. The molecule has 5 heteroatoms. The van der Waals surface area contributed by atoms with Crippen LogP contribution < -0.4 is 10.6 Å². The summed E-state index contributed by atoms with van der Waals surface area (Å²) >= 11 is 0. The first-order valence-corrected chi connectivity index (χ1v) is 7.37. The van der Waals surface area contributed by atoms with Crippen molar-refractivity contribution in [2.24, 2.45) is 0 Å². The van der Waals surface area contributed by atoms with Crippen molar-refractivity contribution in [3.63, 3.8) is 0 Å². The number of unbranched alkanes of at least 4 members (excludes halogenated alkanes) is 1. The largest absolute Gasteiger partial charge is 0.381 e. The number of carbonyl (C=O) groups is 2. The molecule has 0 spiro atoms. The molecule has 0 radical (unpaired) electrons. The fourth-order valence-corrected chi connectivity index (χ4v) is 1.70. The van der Waals surface area contributed by atoms with Crippen molar-refractivity contribution >= 4 is 17.5 Å². The minimum atomic E-state index is -0.642. The van der Waals surface area contributed by atoms with Gasteiger partial charge in [0.05, 0.1) is 0 Å². The molecule has 0 aromatic heterocycles. The first kappa shape index (κ1) is 17.2. The Morgan fingerprint density at radius 1 is 1.10 bits per heavy atom. The van der Waals surface area contributed by atoms with E-state index in [1.807, 2.05) is 25.1 Å². The fraction of sp³-hybridized carbons (Fsp3) is 0.500. The van der Waals surface area contributed by atoms with E-state index >= 15 is 0 Å². The Hall–Kier alpha value is -1.88. The first-order chi connectivity index (χ1) is 10.1. The second kappa shape index (κ2) is 9.94. The molecule has 21 heavy (non-hydrogen) atoms. The molecule has 0 aliphatic heterocycles. The van der Waals surface area contributed by atoms with Crippen LogP contribution in [0.4, 0.5) is 5.69 Å². The predicted molar refractivity (Wildman–Crippen MR) is 83.2 cm³/mol. The fourth-order valence-electron chi connectivity index (χ4n) is 1.70. The van der Waals surface area contributed by atoms with Gasteiger partial charge >= 0.3 is 11.8 Å². The van der Waals surface area contributed by atoms with E-state index < -0.39 is 11.8 Å². The van der Waals surface area contributed by atoms with Crippen LogP contribution in [0.25, 0.3) is 0 Å². The zero-order valence-corrected chi connectivity index (χ0v) is 12.8. The summed E-state index contributed by atoms with van der Waals surface area (Å²) in [6.07, 6.45) is 2.86. The van der Waals surface area contributed by atoms with Crippen molar-refractivity contribution in [3.8, 4) is 0 Å². The summed E-state index contributed by atoms with van der Waals surface area (Å²) in [7, 11) is 0. The van der Waals surface area contributed by atoms with Gasteiger partial charge in [-0.15, -0.1) is 0 Å². The highest BCUT2D eigenvalue weighted by Gasteiger charge is 2.13. The summed E-state index contributed by atoms with van der Waals surface area (Å²) in [5.74, 6) is -1.26. The van der Waals surface area contributed by atoms with Gasteiger partial charge < -0.3 is 15.4 Å². The maximum Gasteiger partial charge on any atom is 0.313 e. The van der Waals surface area contributed by atoms with Crippen LogP contribution in [0, 0.1) is 6.92 Å². The van der Waals surface area contributed by atoms with E-state index in [9.17, 15) is 9.59 Å². The second-order valence-corrected chi connectivity index (χ2v) is 4.84. The Kier molecular flexibility index (Phi) is 8.12. The van der Waals surface area contributed by atoms with Gasteiger partial charge in [-0.3, -0.25) is 9.59 Å². The van der Waals surface area contributed by atoms with Crippen LogP contribution in [0.1, 0.15) is 31.7 Å². The molecular formula is C16H24N2O3. The van der Waals surface area contributed by atoms with Crippen LogP contribution in [-0.2, 0) is 14.3 Å². The van der Waals surface area contributed by atoms with Gasteiger partial charge in [-0.25, -0.2) is 0 Å². The number of benzene rings is 1. The summed E-state index contributed by atoms with van der Waals surface area (Å²) in [6.45, 7) is 5.77. The second-order valence-electron chi connectivity index (χ2n) is 4.84. The average molecular weight is 292 g/mol. The lowest BCUT2D eigenvalue weighted by molar-refractivity contribution is -0.136. The lowest BCUT2D eigenvalue weighted by Crippen LogP contribution is -2.36. The predicted octanol–water partition coefficient (Wildman–Crippen LogP) is 2.26. The molecule has 1 aromatic rings. The lowest BCUT2D eigenvalue weighted by Gasteiger charge is -2.08. The summed E-state index contributed by atoms with van der Waals surface area (Å²) in [6, 6.07) is 7.33. The molecule has 0 fully saturated rings. The number of ether oxygens (including phenoxy) is 1. The van der Waals surface area contributed by atoms with Gasteiger partial charge in [-0.2, -0.15) is 0 Å². The summed E-state index contributed by atoms with van der Waals surface area (Å²) in [5.41, 5.74) is 1.57. The molecule has 0 aliphatic carbocycles. The van der Waals surface area contributed by atoms with Gasteiger partial charge in [0.2, 0.25) is 0 Å². The molecule has 1 aromatic carbocycles. The Morgan fingerprint density at radius 3 is 2.52 bits per heavy atom. The van der Waals surface area contributed by atoms with Crippen molar-refractivity contribution < 1.29 is 14.3 Å². The molecule has 2 amide bonds. The van der Waals surface area contributed by atoms with Gasteiger partial charge in [0.15, 0.2) is 0 Å².